The predicted octanol–water partition coefficient (Wildman–Crippen LogP) is 5.40. The van der Waals surface area contributed by atoms with E-state index in [0.717, 1.165) is 35.9 Å². The van der Waals surface area contributed by atoms with Crippen LogP contribution in [0.5, 0.6) is 0 Å². The number of rotatable bonds is 6. The highest BCUT2D eigenvalue weighted by Crippen LogP contribution is 2.23. The molecule has 0 radical (unpaired) electrons. The quantitative estimate of drug-likeness (QED) is 0.624. The zero-order valence-electron chi connectivity index (χ0n) is 13.2. The maximum atomic E-state index is 6.03. The average Bonchev–Trinajstić information content (AvgIpc) is 3.00. The summed E-state index contributed by atoms with van der Waals surface area (Å²) in [4.78, 5) is 4.54. The van der Waals surface area contributed by atoms with Crippen LogP contribution in [0.15, 0.2) is 42.5 Å². The second kappa shape index (κ2) is 7.97. The first-order valence-corrected chi connectivity index (χ1v) is 9.19. The van der Waals surface area contributed by atoms with Gasteiger partial charge in [0.25, 0.3) is 0 Å². The molecule has 124 valence electrons. The van der Waals surface area contributed by atoms with Crippen molar-refractivity contribution in [2.24, 2.45) is 0 Å². The van der Waals surface area contributed by atoms with Gasteiger partial charge in [-0.15, -0.1) is 0 Å². The Morgan fingerprint density at radius 1 is 1.00 bits per heavy atom. The average molecular weight is 378 g/mol. The summed E-state index contributed by atoms with van der Waals surface area (Å²) in [5.74, 6) is 0.848. The van der Waals surface area contributed by atoms with Crippen molar-refractivity contribution in [3.05, 3.63) is 75.0 Å². The van der Waals surface area contributed by atoms with E-state index < -0.39 is 0 Å². The summed E-state index contributed by atoms with van der Waals surface area (Å²) in [7, 11) is 0. The van der Waals surface area contributed by atoms with E-state index in [1.807, 2.05) is 18.2 Å². The highest BCUT2D eigenvalue weighted by Gasteiger charge is 2.05. The third-order valence-electron chi connectivity index (χ3n) is 3.62. The molecule has 2 aromatic carbocycles. The Balaban J connectivity index is 1.52. The predicted molar refractivity (Wildman–Crippen MR) is 103 cm³/mol. The Bertz CT molecular complexity index is 815. The SMILES string of the molecule is Cc1ccc(Cc2nsc(NCCc3ccc(Cl)c(Cl)c3)n2)cc1. The van der Waals surface area contributed by atoms with E-state index in [1.54, 1.807) is 0 Å². The smallest absolute Gasteiger partial charge is 0.202 e. The summed E-state index contributed by atoms with van der Waals surface area (Å²) < 4.78 is 4.41. The Morgan fingerprint density at radius 3 is 2.50 bits per heavy atom. The Hall–Kier alpha value is -1.62. The maximum absolute atomic E-state index is 6.03. The van der Waals surface area contributed by atoms with Gasteiger partial charge in [0.15, 0.2) is 0 Å². The minimum absolute atomic E-state index is 0.582. The summed E-state index contributed by atoms with van der Waals surface area (Å²) in [6.45, 7) is 2.86. The van der Waals surface area contributed by atoms with E-state index in [4.69, 9.17) is 23.2 Å². The van der Waals surface area contributed by atoms with Crippen LogP contribution in [0.3, 0.4) is 0 Å². The third kappa shape index (κ3) is 4.69. The highest BCUT2D eigenvalue weighted by atomic mass is 35.5. The molecule has 3 nitrogen and oxygen atoms in total. The van der Waals surface area contributed by atoms with Crippen molar-refractivity contribution in [1.82, 2.24) is 9.36 Å². The van der Waals surface area contributed by atoms with Gasteiger partial charge in [0.05, 0.1) is 10.0 Å². The van der Waals surface area contributed by atoms with Gasteiger partial charge in [-0.3, -0.25) is 0 Å². The normalized spacial score (nSPS) is 10.8. The fourth-order valence-electron chi connectivity index (χ4n) is 2.29. The van der Waals surface area contributed by atoms with E-state index in [2.05, 4.69) is 45.9 Å². The molecule has 3 rings (SSSR count). The van der Waals surface area contributed by atoms with Crippen LogP contribution < -0.4 is 5.32 Å². The monoisotopic (exact) mass is 377 g/mol. The van der Waals surface area contributed by atoms with Gasteiger partial charge in [-0.25, -0.2) is 4.98 Å². The van der Waals surface area contributed by atoms with Crippen LogP contribution >= 0.6 is 34.7 Å². The molecule has 1 heterocycles. The molecule has 24 heavy (non-hydrogen) atoms. The van der Waals surface area contributed by atoms with Crippen molar-refractivity contribution in [2.45, 2.75) is 19.8 Å². The number of benzene rings is 2. The zero-order chi connectivity index (χ0) is 16.9. The lowest BCUT2D eigenvalue weighted by molar-refractivity contribution is 0.994. The molecular weight excluding hydrogens is 361 g/mol. The lowest BCUT2D eigenvalue weighted by Gasteiger charge is -2.04. The van der Waals surface area contributed by atoms with Gasteiger partial charge >= 0.3 is 0 Å². The molecule has 0 saturated carbocycles. The number of aromatic nitrogens is 2. The standard InChI is InChI=1S/C18H17Cl2N3S/c1-12-2-4-13(5-3-12)11-17-22-18(24-23-17)21-9-8-14-6-7-15(19)16(20)10-14/h2-7,10H,8-9,11H2,1H3,(H,21,22,23). The van der Waals surface area contributed by atoms with Gasteiger partial charge < -0.3 is 5.32 Å². The maximum Gasteiger partial charge on any atom is 0.202 e. The number of halogens is 2. The molecule has 0 bridgehead atoms. The number of nitrogens with one attached hydrogen (secondary N) is 1. The topological polar surface area (TPSA) is 37.8 Å². The number of anilines is 1. The van der Waals surface area contributed by atoms with Crippen LogP contribution in [0, 0.1) is 6.92 Å². The summed E-state index contributed by atoms with van der Waals surface area (Å²) in [5.41, 5.74) is 3.62. The molecular formula is C18H17Cl2N3S. The molecule has 0 unspecified atom stereocenters. The molecule has 6 heteroatoms. The number of aryl methyl sites for hydroxylation is 1. The van der Waals surface area contributed by atoms with Crippen LogP contribution in [0.4, 0.5) is 5.13 Å². The molecule has 0 aliphatic rings. The van der Waals surface area contributed by atoms with Crippen molar-refractivity contribution in [1.29, 1.82) is 0 Å². The molecule has 1 N–H and O–H groups in total. The van der Waals surface area contributed by atoms with Gasteiger partial charge in [0.2, 0.25) is 5.13 Å². The van der Waals surface area contributed by atoms with E-state index >= 15 is 0 Å². The van der Waals surface area contributed by atoms with Crippen LogP contribution in [0.25, 0.3) is 0 Å². The van der Waals surface area contributed by atoms with Crippen LogP contribution in [0.1, 0.15) is 22.5 Å². The number of nitrogens with zero attached hydrogens (tertiary/aromatic N) is 2. The molecule has 0 spiro atoms. The summed E-state index contributed by atoms with van der Waals surface area (Å²) in [5, 5.41) is 5.33. The van der Waals surface area contributed by atoms with Crippen LogP contribution in [-0.2, 0) is 12.8 Å². The summed E-state index contributed by atoms with van der Waals surface area (Å²) >= 11 is 13.3. The molecule has 1 aromatic heterocycles. The van der Waals surface area contributed by atoms with Gasteiger partial charge in [-0.1, -0.05) is 59.1 Å². The minimum atomic E-state index is 0.582. The largest absolute Gasteiger partial charge is 0.360 e. The Kier molecular flexibility index (Phi) is 5.72. The van der Waals surface area contributed by atoms with Gasteiger partial charge in [-0.2, -0.15) is 4.37 Å². The third-order valence-corrected chi connectivity index (χ3v) is 5.07. The van der Waals surface area contributed by atoms with Crippen LogP contribution in [-0.4, -0.2) is 15.9 Å². The van der Waals surface area contributed by atoms with E-state index in [9.17, 15) is 0 Å². The molecule has 3 aromatic rings. The minimum Gasteiger partial charge on any atom is -0.360 e. The molecule has 0 aliphatic heterocycles. The molecule has 0 atom stereocenters. The highest BCUT2D eigenvalue weighted by molar-refractivity contribution is 7.09. The number of hydrogen-bond donors (Lipinski definition) is 1. The second-order valence-electron chi connectivity index (χ2n) is 5.60. The molecule has 0 saturated heterocycles. The van der Waals surface area contributed by atoms with E-state index in [-0.39, 0.29) is 0 Å². The van der Waals surface area contributed by atoms with Crippen molar-refractivity contribution in [2.75, 3.05) is 11.9 Å². The molecule has 0 aliphatic carbocycles. The molecule has 0 amide bonds. The Labute approximate surface area is 155 Å². The first-order chi connectivity index (χ1) is 11.6. The summed E-state index contributed by atoms with van der Waals surface area (Å²) in [6, 6.07) is 14.2. The molecule has 0 fully saturated rings. The van der Waals surface area contributed by atoms with Crippen molar-refractivity contribution in [3.8, 4) is 0 Å². The summed E-state index contributed by atoms with van der Waals surface area (Å²) in [6.07, 6.45) is 1.61. The fraction of sp³-hybridized carbons (Fsp3) is 0.222. The van der Waals surface area contributed by atoms with Gasteiger partial charge in [-0.05, 0) is 36.6 Å². The van der Waals surface area contributed by atoms with E-state index in [0.29, 0.717) is 10.0 Å². The lowest BCUT2D eigenvalue weighted by atomic mass is 10.1. The van der Waals surface area contributed by atoms with Crippen molar-refractivity contribution >= 4 is 39.9 Å². The first kappa shape index (κ1) is 17.2. The van der Waals surface area contributed by atoms with Crippen molar-refractivity contribution in [3.63, 3.8) is 0 Å². The zero-order valence-corrected chi connectivity index (χ0v) is 15.5. The fourth-order valence-corrected chi connectivity index (χ4v) is 3.23. The van der Waals surface area contributed by atoms with E-state index in [1.165, 1.54) is 22.7 Å². The Morgan fingerprint density at radius 2 is 1.75 bits per heavy atom. The lowest BCUT2D eigenvalue weighted by Crippen LogP contribution is -2.04. The van der Waals surface area contributed by atoms with Gasteiger partial charge in [0.1, 0.15) is 5.82 Å². The van der Waals surface area contributed by atoms with Gasteiger partial charge in [0, 0.05) is 24.5 Å². The van der Waals surface area contributed by atoms with Crippen molar-refractivity contribution < 1.29 is 0 Å². The van der Waals surface area contributed by atoms with Crippen LogP contribution in [0.2, 0.25) is 10.0 Å². The number of hydrogen-bond acceptors (Lipinski definition) is 4. The first-order valence-electron chi connectivity index (χ1n) is 7.66. The second-order valence-corrected chi connectivity index (χ2v) is 7.17.